The third-order valence-electron chi connectivity index (χ3n) is 7.67. The minimum Gasteiger partial charge on any atom is -0.475 e. The Morgan fingerprint density at radius 2 is 2.09 bits per heavy atom. The Labute approximate surface area is 206 Å². The summed E-state index contributed by atoms with van der Waals surface area (Å²) in [6.45, 7) is 5.85. The molecular formula is C24H32F3N3O4S. The van der Waals surface area contributed by atoms with E-state index in [0.717, 1.165) is 67.3 Å². The molecule has 1 aliphatic heterocycles. The summed E-state index contributed by atoms with van der Waals surface area (Å²) in [5.74, 6) is -0.311. The van der Waals surface area contributed by atoms with E-state index in [1.54, 1.807) is 5.51 Å². The Bertz CT molecular complexity index is 949. The summed E-state index contributed by atoms with van der Waals surface area (Å²) in [6, 6.07) is 0.0953. The lowest BCUT2D eigenvalue weighted by atomic mass is 9.78. The summed E-state index contributed by atoms with van der Waals surface area (Å²) in [6.07, 6.45) is 6.93. The molecule has 4 aliphatic rings. The van der Waals surface area contributed by atoms with Crippen molar-refractivity contribution in [1.82, 2.24) is 15.2 Å². The molecule has 3 unspecified atom stereocenters. The number of thiazole rings is 1. The Kier molecular flexibility index (Phi) is 7.87. The molecule has 2 saturated carbocycles. The van der Waals surface area contributed by atoms with Gasteiger partial charge in [0.25, 0.3) is 5.91 Å². The van der Waals surface area contributed by atoms with Gasteiger partial charge in [0.05, 0.1) is 23.9 Å². The fourth-order valence-electron chi connectivity index (χ4n) is 5.99. The van der Waals surface area contributed by atoms with Crippen molar-refractivity contribution in [2.75, 3.05) is 26.2 Å². The number of carboxylic acid groups (broad SMARTS) is 1. The van der Waals surface area contributed by atoms with Crippen LogP contribution >= 0.6 is 11.3 Å². The van der Waals surface area contributed by atoms with Gasteiger partial charge in [-0.1, -0.05) is 25.0 Å². The van der Waals surface area contributed by atoms with Gasteiger partial charge in [0, 0.05) is 19.6 Å². The second-order valence-corrected chi connectivity index (χ2v) is 10.9. The van der Waals surface area contributed by atoms with Crippen molar-refractivity contribution >= 4 is 23.2 Å². The van der Waals surface area contributed by atoms with Gasteiger partial charge < -0.3 is 15.2 Å². The number of ether oxygens (including phenoxy) is 1. The molecule has 2 N–H and O–H groups in total. The minimum atomic E-state index is -5.08. The third kappa shape index (κ3) is 6.06. The summed E-state index contributed by atoms with van der Waals surface area (Å²) >= 11 is 1.43. The molecule has 35 heavy (non-hydrogen) atoms. The third-order valence-corrected chi connectivity index (χ3v) is 8.60. The number of aryl methyl sites for hydroxylation is 1. The van der Waals surface area contributed by atoms with E-state index in [1.807, 2.05) is 6.92 Å². The van der Waals surface area contributed by atoms with Crippen LogP contribution in [0.2, 0.25) is 0 Å². The zero-order valence-corrected chi connectivity index (χ0v) is 20.5. The van der Waals surface area contributed by atoms with Gasteiger partial charge >= 0.3 is 12.1 Å². The van der Waals surface area contributed by atoms with E-state index in [9.17, 15) is 18.0 Å². The molecule has 1 amide bonds. The lowest BCUT2D eigenvalue weighted by Crippen LogP contribution is -2.64. The van der Waals surface area contributed by atoms with E-state index in [1.165, 1.54) is 37.1 Å². The van der Waals surface area contributed by atoms with Crippen LogP contribution in [-0.2, 0) is 9.53 Å². The fourth-order valence-corrected chi connectivity index (χ4v) is 6.70. The molecule has 0 aromatic carbocycles. The number of fused-ring (bicyclic) bond motifs is 2. The van der Waals surface area contributed by atoms with E-state index in [2.05, 4.69) is 27.4 Å². The van der Waals surface area contributed by atoms with Crippen LogP contribution in [0.15, 0.2) is 17.7 Å². The normalized spacial score (nSPS) is 32.3. The molecule has 1 saturated heterocycles. The van der Waals surface area contributed by atoms with Gasteiger partial charge in [0.15, 0.2) is 0 Å². The van der Waals surface area contributed by atoms with Gasteiger partial charge in [0.1, 0.15) is 10.5 Å². The van der Waals surface area contributed by atoms with Crippen LogP contribution in [0.5, 0.6) is 0 Å². The van der Waals surface area contributed by atoms with E-state index in [4.69, 9.17) is 14.6 Å². The first-order valence-electron chi connectivity index (χ1n) is 12.1. The fraction of sp³-hybridized carbons (Fsp3) is 0.708. The quantitative estimate of drug-likeness (QED) is 0.588. The summed E-state index contributed by atoms with van der Waals surface area (Å²) in [5, 5.41) is 10.5. The van der Waals surface area contributed by atoms with Crippen molar-refractivity contribution in [2.45, 2.75) is 63.3 Å². The molecule has 1 spiro atoms. The molecule has 5 rings (SSSR count). The number of halogens is 3. The second-order valence-electron chi connectivity index (χ2n) is 10.0. The number of hydrogen-bond donors (Lipinski definition) is 2. The predicted molar refractivity (Wildman–Crippen MR) is 124 cm³/mol. The zero-order valence-electron chi connectivity index (χ0n) is 19.7. The van der Waals surface area contributed by atoms with Crippen molar-refractivity contribution < 1.29 is 32.6 Å². The maximum absolute atomic E-state index is 12.9. The Morgan fingerprint density at radius 3 is 2.69 bits per heavy atom. The van der Waals surface area contributed by atoms with Crippen molar-refractivity contribution in [3.8, 4) is 0 Å². The van der Waals surface area contributed by atoms with Gasteiger partial charge in [-0.25, -0.2) is 9.78 Å². The number of hydrogen-bond acceptors (Lipinski definition) is 6. The number of carbonyl (C=O) groups is 2. The van der Waals surface area contributed by atoms with Crippen molar-refractivity contribution in [3.63, 3.8) is 0 Å². The molecule has 3 fully saturated rings. The lowest BCUT2D eigenvalue weighted by molar-refractivity contribution is -0.192. The summed E-state index contributed by atoms with van der Waals surface area (Å²) in [7, 11) is 0. The lowest BCUT2D eigenvalue weighted by Gasteiger charge is -2.50. The van der Waals surface area contributed by atoms with Gasteiger partial charge in [-0.3, -0.25) is 9.69 Å². The largest absolute Gasteiger partial charge is 0.490 e. The molecule has 3 aliphatic carbocycles. The highest BCUT2D eigenvalue weighted by Gasteiger charge is 2.47. The Hall–Kier alpha value is -1.98. The molecule has 1 aromatic heterocycles. The van der Waals surface area contributed by atoms with Crippen LogP contribution in [-0.4, -0.2) is 70.9 Å². The maximum atomic E-state index is 12.9. The Morgan fingerprint density at radius 1 is 1.31 bits per heavy atom. The van der Waals surface area contributed by atoms with Gasteiger partial charge in [-0.2, -0.15) is 13.2 Å². The monoisotopic (exact) mass is 515 g/mol. The van der Waals surface area contributed by atoms with Crippen LogP contribution in [0.4, 0.5) is 13.2 Å². The highest BCUT2D eigenvalue weighted by Crippen LogP contribution is 2.44. The van der Waals surface area contributed by atoms with Crippen molar-refractivity contribution in [3.05, 3.63) is 28.2 Å². The van der Waals surface area contributed by atoms with Crippen LogP contribution < -0.4 is 5.32 Å². The molecule has 11 heteroatoms. The number of alkyl halides is 3. The molecule has 1 aromatic rings. The Balaban J connectivity index is 0.000000364. The second kappa shape index (κ2) is 10.6. The summed E-state index contributed by atoms with van der Waals surface area (Å²) in [4.78, 5) is 29.3. The highest BCUT2D eigenvalue weighted by molar-refractivity contribution is 7.11. The van der Waals surface area contributed by atoms with E-state index in [-0.39, 0.29) is 17.6 Å². The number of carboxylic acids is 1. The first-order chi connectivity index (χ1) is 16.6. The molecule has 5 atom stereocenters. The molecule has 2 bridgehead atoms. The van der Waals surface area contributed by atoms with E-state index < -0.39 is 12.1 Å². The number of carbonyl (C=O) groups excluding carboxylic acids is 1. The van der Waals surface area contributed by atoms with Crippen molar-refractivity contribution in [1.29, 1.82) is 0 Å². The number of aliphatic carboxylic acids is 1. The van der Waals surface area contributed by atoms with Crippen LogP contribution in [0.1, 0.15) is 53.9 Å². The van der Waals surface area contributed by atoms with E-state index >= 15 is 0 Å². The molecule has 2 heterocycles. The summed E-state index contributed by atoms with van der Waals surface area (Å²) < 4.78 is 38.2. The summed E-state index contributed by atoms with van der Waals surface area (Å²) in [5.41, 5.74) is 2.35. The number of nitrogens with one attached hydrogen (secondary N) is 1. The van der Waals surface area contributed by atoms with Crippen LogP contribution in [0.3, 0.4) is 0 Å². The molecule has 0 radical (unpaired) electrons. The van der Waals surface area contributed by atoms with Crippen LogP contribution in [0.25, 0.3) is 0 Å². The first-order valence-corrected chi connectivity index (χ1v) is 13.0. The van der Waals surface area contributed by atoms with Gasteiger partial charge in [-0.15, -0.1) is 11.3 Å². The molecular weight excluding hydrogens is 483 g/mol. The average molecular weight is 516 g/mol. The predicted octanol–water partition coefficient (Wildman–Crippen LogP) is 4.04. The first kappa shape index (κ1) is 26.1. The number of rotatable bonds is 4. The van der Waals surface area contributed by atoms with Gasteiger partial charge in [-0.05, 0) is 50.4 Å². The number of nitrogens with zero attached hydrogens (tertiary/aromatic N) is 2. The number of amides is 1. The van der Waals surface area contributed by atoms with Crippen molar-refractivity contribution in [2.24, 2.45) is 17.8 Å². The highest BCUT2D eigenvalue weighted by atomic mass is 32.1. The molecule has 194 valence electrons. The number of allylic oxidation sites excluding steroid dienone is 2. The number of morpholine rings is 1. The smallest absolute Gasteiger partial charge is 0.475 e. The van der Waals surface area contributed by atoms with Gasteiger partial charge in [0.2, 0.25) is 0 Å². The van der Waals surface area contributed by atoms with Crippen LogP contribution in [0, 0.1) is 24.7 Å². The zero-order chi connectivity index (χ0) is 25.2. The maximum Gasteiger partial charge on any atom is 0.490 e. The standard InChI is InChI=1S/C22H31N3O2S.C2HF3O2/c1-15-20(28-14-23-15)21(26)24-19-4-2-3-7-22(19)13-25(8-9-27-22)12-18-11-16-5-6-17(18)10-16;3-2(4,5)1(6)7/h5-6,14,16-19H,2-4,7-13H2,1H3,(H,24,26);(H,6,7)/t16-,17+,18?,19?,22?;/m1./s1. The topological polar surface area (TPSA) is 91.8 Å². The minimum absolute atomic E-state index is 0.0187. The SMILES string of the molecule is Cc1ncsc1C(=O)NC1CCCCC12CN(CC1C[C@@H]3C=C[C@H]1C3)CCO2.O=C(O)C(F)(F)F. The van der Waals surface area contributed by atoms with E-state index in [0.29, 0.717) is 0 Å². The molecule has 7 nitrogen and oxygen atoms in total. The average Bonchev–Trinajstić information content (AvgIpc) is 3.53. The number of aromatic nitrogens is 1.